The molecular formula is C21H20N8O4. The molecule has 0 spiro atoms. The van der Waals surface area contributed by atoms with Crippen LogP contribution in [0.4, 0.5) is 5.95 Å². The number of aromatic amines is 1. The third-order valence-electron chi connectivity index (χ3n) is 5.90. The Kier molecular flexibility index (Phi) is 5.05. The van der Waals surface area contributed by atoms with Crippen molar-refractivity contribution in [3.8, 4) is 11.3 Å². The van der Waals surface area contributed by atoms with Crippen LogP contribution in [-0.2, 0) is 4.79 Å². The summed E-state index contributed by atoms with van der Waals surface area (Å²) >= 11 is 0. The Hall–Kier alpha value is -4.19. The van der Waals surface area contributed by atoms with Crippen LogP contribution in [0.3, 0.4) is 0 Å². The van der Waals surface area contributed by atoms with Crippen LogP contribution in [0.5, 0.6) is 0 Å². The quantitative estimate of drug-likeness (QED) is 0.360. The second-order valence-electron chi connectivity index (χ2n) is 7.81. The molecule has 0 atom stereocenters. The summed E-state index contributed by atoms with van der Waals surface area (Å²) in [6, 6.07) is 3.24. The number of amides is 1. The number of nitrogens with two attached hydrogens (primary N) is 1. The summed E-state index contributed by atoms with van der Waals surface area (Å²) in [6.45, 7) is 0.229. The van der Waals surface area contributed by atoms with Crippen LogP contribution in [0.25, 0.3) is 33.2 Å². The van der Waals surface area contributed by atoms with Crippen LogP contribution < -0.4 is 17.0 Å². The standard InChI is InChI=1S/C21H20N8O4/c22-20-24-7-11(8-25-20)14-1-2-15-17(26-14)18-13(9-23-15)19(32)27-21(33)29(18)12-3-5-28(6-4-12)16(31)10-30/h1-2,7-9,12,30H,3-6,10H2,(H2,22,24,25)(H,27,32,33). The van der Waals surface area contributed by atoms with Crippen molar-refractivity contribution in [3.63, 3.8) is 0 Å². The zero-order valence-electron chi connectivity index (χ0n) is 17.4. The van der Waals surface area contributed by atoms with Gasteiger partial charge < -0.3 is 15.7 Å². The second-order valence-corrected chi connectivity index (χ2v) is 7.81. The lowest BCUT2D eigenvalue weighted by atomic mass is 10.0. The summed E-state index contributed by atoms with van der Waals surface area (Å²) in [7, 11) is 0. The van der Waals surface area contributed by atoms with E-state index >= 15 is 0 Å². The van der Waals surface area contributed by atoms with E-state index in [0.717, 1.165) is 0 Å². The first-order chi connectivity index (χ1) is 16.0. The molecule has 0 saturated carbocycles. The van der Waals surface area contributed by atoms with E-state index in [1.807, 2.05) is 0 Å². The molecule has 12 nitrogen and oxygen atoms in total. The van der Waals surface area contributed by atoms with Crippen molar-refractivity contribution in [3.05, 3.63) is 51.6 Å². The molecule has 4 aromatic rings. The van der Waals surface area contributed by atoms with E-state index < -0.39 is 17.9 Å². The van der Waals surface area contributed by atoms with Gasteiger partial charge in [0.2, 0.25) is 11.9 Å². The van der Waals surface area contributed by atoms with Gasteiger partial charge in [-0.3, -0.25) is 24.1 Å². The van der Waals surface area contributed by atoms with Gasteiger partial charge in [0.25, 0.3) is 5.56 Å². The molecule has 33 heavy (non-hydrogen) atoms. The highest BCUT2D eigenvalue weighted by Gasteiger charge is 2.26. The molecule has 0 radical (unpaired) electrons. The monoisotopic (exact) mass is 448 g/mol. The maximum atomic E-state index is 13.0. The van der Waals surface area contributed by atoms with Crippen molar-refractivity contribution in [2.45, 2.75) is 18.9 Å². The molecule has 0 aromatic carbocycles. The van der Waals surface area contributed by atoms with Gasteiger partial charge in [0, 0.05) is 43.3 Å². The molecule has 1 fully saturated rings. The van der Waals surface area contributed by atoms with Crippen LogP contribution in [0.15, 0.2) is 40.3 Å². The molecule has 1 amide bonds. The fourth-order valence-corrected chi connectivity index (χ4v) is 4.24. The van der Waals surface area contributed by atoms with Gasteiger partial charge in [-0.05, 0) is 25.0 Å². The molecule has 5 rings (SSSR count). The van der Waals surface area contributed by atoms with Crippen molar-refractivity contribution < 1.29 is 9.90 Å². The van der Waals surface area contributed by atoms with Gasteiger partial charge in [-0.15, -0.1) is 0 Å². The van der Waals surface area contributed by atoms with E-state index in [0.29, 0.717) is 53.7 Å². The molecule has 0 unspecified atom stereocenters. The van der Waals surface area contributed by atoms with Crippen molar-refractivity contribution in [1.29, 1.82) is 0 Å². The number of aliphatic hydroxyl groups excluding tert-OH is 1. The van der Waals surface area contributed by atoms with E-state index in [1.54, 1.807) is 29.4 Å². The SMILES string of the molecule is Nc1ncc(-c2ccc3ncc4c(=O)[nH]c(=O)n(C5CCN(C(=O)CO)CC5)c4c3n2)cn1. The van der Waals surface area contributed by atoms with Gasteiger partial charge in [-0.25, -0.2) is 19.7 Å². The number of anilines is 1. The van der Waals surface area contributed by atoms with Crippen LogP contribution in [0.1, 0.15) is 18.9 Å². The predicted molar refractivity (Wildman–Crippen MR) is 119 cm³/mol. The lowest BCUT2D eigenvalue weighted by Gasteiger charge is -2.33. The summed E-state index contributed by atoms with van der Waals surface area (Å²) in [5.74, 6) is -0.211. The number of aromatic nitrogens is 6. The zero-order valence-corrected chi connectivity index (χ0v) is 17.4. The van der Waals surface area contributed by atoms with Crippen molar-refractivity contribution >= 4 is 33.8 Å². The van der Waals surface area contributed by atoms with Gasteiger partial charge in [-0.1, -0.05) is 0 Å². The number of carbonyl (C=O) groups is 1. The molecule has 1 saturated heterocycles. The Labute approximate surface area is 185 Å². The van der Waals surface area contributed by atoms with E-state index in [-0.39, 0.29) is 23.3 Å². The average molecular weight is 448 g/mol. The van der Waals surface area contributed by atoms with E-state index in [9.17, 15) is 14.4 Å². The first-order valence-electron chi connectivity index (χ1n) is 10.4. The molecular weight excluding hydrogens is 428 g/mol. The summed E-state index contributed by atoms with van der Waals surface area (Å²) in [6.07, 6.45) is 5.50. The fraction of sp³-hybridized carbons (Fsp3) is 0.286. The third-order valence-corrected chi connectivity index (χ3v) is 5.90. The molecule has 4 N–H and O–H groups in total. The normalized spacial score (nSPS) is 14.8. The Morgan fingerprint density at radius 3 is 2.55 bits per heavy atom. The largest absolute Gasteiger partial charge is 0.387 e. The molecule has 4 aromatic heterocycles. The lowest BCUT2D eigenvalue weighted by molar-refractivity contribution is -0.135. The van der Waals surface area contributed by atoms with Gasteiger partial charge >= 0.3 is 5.69 Å². The van der Waals surface area contributed by atoms with Gasteiger partial charge in [-0.2, -0.15) is 0 Å². The third kappa shape index (κ3) is 3.59. The highest BCUT2D eigenvalue weighted by Crippen LogP contribution is 2.28. The summed E-state index contributed by atoms with van der Waals surface area (Å²) in [5, 5.41) is 9.37. The number of nitrogens with zero attached hydrogens (tertiary/aromatic N) is 6. The number of hydrogen-bond donors (Lipinski definition) is 3. The Bertz CT molecular complexity index is 1490. The molecule has 0 bridgehead atoms. The van der Waals surface area contributed by atoms with Crippen LogP contribution in [0, 0.1) is 0 Å². The molecule has 168 valence electrons. The van der Waals surface area contributed by atoms with Crippen molar-refractivity contribution in [2.24, 2.45) is 0 Å². The molecule has 1 aliphatic rings. The summed E-state index contributed by atoms with van der Waals surface area (Å²) in [5.41, 5.74) is 6.96. The van der Waals surface area contributed by atoms with Crippen molar-refractivity contribution in [1.82, 2.24) is 34.4 Å². The van der Waals surface area contributed by atoms with E-state index in [1.165, 1.54) is 10.8 Å². The fourth-order valence-electron chi connectivity index (χ4n) is 4.24. The van der Waals surface area contributed by atoms with Gasteiger partial charge in [0.05, 0.1) is 22.1 Å². The number of pyridine rings is 2. The maximum Gasteiger partial charge on any atom is 0.329 e. The van der Waals surface area contributed by atoms with E-state index in [2.05, 4.69) is 19.9 Å². The minimum Gasteiger partial charge on any atom is -0.387 e. The van der Waals surface area contributed by atoms with Gasteiger partial charge in [0.1, 0.15) is 12.1 Å². The molecule has 0 aliphatic carbocycles. The number of carbonyl (C=O) groups excluding carboxylic acids is 1. The van der Waals surface area contributed by atoms with Crippen LogP contribution in [-0.4, -0.2) is 65.1 Å². The Morgan fingerprint density at radius 1 is 1.12 bits per heavy atom. The lowest BCUT2D eigenvalue weighted by Crippen LogP contribution is -2.43. The average Bonchev–Trinajstić information content (AvgIpc) is 2.84. The summed E-state index contributed by atoms with van der Waals surface area (Å²) < 4.78 is 1.54. The number of likely N-dealkylation sites (tertiary alicyclic amines) is 1. The summed E-state index contributed by atoms with van der Waals surface area (Å²) in [4.78, 5) is 58.4. The topological polar surface area (TPSA) is 173 Å². The van der Waals surface area contributed by atoms with Crippen LogP contribution >= 0.6 is 0 Å². The number of nitrogen functional groups attached to an aromatic ring is 1. The van der Waals surface area contributed by atoms with Crippen LogP contribution in [0.2, 0.25) is 0 Å². The highest BCUT2D eigenvalue weighted by atomic mass is 16.3. The number of aliphatic hydroxyl groups is 1. The first kappa shape index (κ1) is 20.7. The molecule has 12 heteroatoms. The minimum atomic E-state index is -0.552. The van der Waals surface area contributed by atoms with Crippen molar-refractivity contribution in [2.75, 3.05) is 25.4 Å². The Morgan fingerprint density at radius 2 is 1.85 bits per heavy atom. The number of piperidine rings is 1. The van der Waals surface area contributed by atoms with Gasteiger partial charge in [0.15, 0.2) is 0 Å². The molecule has 1 aliphatic heterocycles. The number of rotatable bonds is 3. The maximum absolute atomic E-state index is 13.0. The number of nitrogens with one attached hydrogen (secondary N) is 1. The molecule has 5 heterocycles. The predicted octanol–water partition coefficient (Wildman–Crippen LogP) is -0.172. The smallest absolute Gasteiger partial charge is 0.329 e. The highest BCUT2D eigenvalue weighted by molar-refractivity contribution is 6.01. The number of H-pyrrole nitrogens is 1. The first-order valence-corrected chi connectivity index (χ1v) is 10.4. The van der Waals surface area contributed by atoms with E-state index in [4.69, 9.17) is 15.8 Å². The minimum absolute atomic E-state index is 0.137. The number of fused-ring (bicyclic) bond motifs is 3. The second kappa shape index (κ2) is 8.06. The zero-order chi connectivity index (χ0) is 23.1. The Balaban J connectivity index is 1.69. The number of hydrogen-bond acceptors (Lipinski definition) is 9.